The topological polar surface area (TPSA) is 26.0 Å². The molecule has 0 amide bonds. The van der Waals surface area contributed by atoms with Gasteiger partial charge in [0.1, 0.15) is 0 Å². The minimum atomic E-state index is 0.720. The number of hydrogen-bond donors (Lipinski definition) is 1. The molecular formula is C9H15N. The van der Waals surface area contributed by atoms with E-state index in [1.807, 2.05) is 13.0 Å². The van der Waals surface area contributed by atoms with Gasteiger partial charge in [-0.2, -0.15) is 0 Å². The molecule has 1 nitrogen and oxygen atoms in total. The lowest BCUT2D eigenvalue weighted by atomic mass is 10.2. The maximum absolute atomic E-state index is 5.30. The molecule has 0 atom stereocenters. The van der Waals surface area contributed by atoms with Crippen LogP contribution in [0.2, 0.25) is 0 Å². The second-order valence-corrected chi connectivity index (χ2v) is 2.13. The van der Waals surface area contributed by atoms with Gasteiger partial charge >= 0.3 is 0 Å². The Morgan fingerprint density at radius 2 is 2.30 bits per heavy atom. The summed E-state index contributed by atoms with van der Waals surface area (Å²) in [6, 6.07) is 0. The van der Waals surface area contributed by atoms with E-state index in [1.54, 1.807) is 6.08 Å². The largest absolute Gasteiger partial charge is 0.330 e. The number of allylic oxidation sites excluding steroid dienone is 4. The van der Waals surface area contributed by atoms with Crippen molar-refractivity contribution in [3.8, 4) is 0 Å². The smallest absolute Gasteiger partial charge is 0.00425 e. The molecule has 0 unspecified atom stereocenters. The van der Waals surface area contributed by atoms with Crippen molar-refractivity contribution in [2.24, 2.45) is 5.73 Å². The van der Waals surface area contributed by atoms with Crippen LogP contribution in [0.5, 0.6) is 0 Å². The zero-order valence-electron chi connectivity index (χ0n) is 6.51. The van der Waals surface area contributed by atoms with Crippen LogP contribution in [-0.2, 0) is 0 Å². The van der Waals surface area contributed by atoms with Gasteiger partial charge in [-0.3, -0.25) is 0 Å². The summed E-state index contributed by atoms with van der Waals surface area (Å²) in [4.78, 5) is 0. The molecular weight excluding hydrogens is 122 g/mol. The van der Waals surface area contributed by atoms with E-state index in [0.29, 0.717) is 0 Å². The van der Waals surface area contributed by atoms with E-state index in [2.05, 4.69) is 18.7 Å². The molecule has 0 bridgehead atoms. The molecule has 1 heteroatoms. The van der Waals surface area contributed by atoms with E-state index in [1.165, 1.54) is 5.57 Å². The molecule has 0 spiro atoms. The fourth-order valence-electron chi connectivity index (χ4n) is 0.607. The highest BCUT2D eigenvalue weighted by Crippen LogP contribution is 1.95. The summed E-state index contributed by atoms with van der Waals surface area (Å²) in [6.07, 6.45) is 8.81. The van der Waals surface area contributed by atoms with Crippen LogP contribution in [0.25, 0.3) is 0 Å². The van der Waals surface area contributed by atoms with Crippen LogP contribution in [0.3, 0.4) is 0 Å². The normalized spacial score (nSPS) is 12.4. The third-order valence-corrected chi connectivity index (χ3v) is 1.09. The van der Waals surface area contributed by atoms with E-state index in [9.17, 15) is 0 Å². The molecule has 0 heterocycles. The standard InChI is InChI=1S/C9H15N/c1-3-6-9(2)7-4-5-8-10/h3-4,6-7H,1,5,8,10H2,2H3/b7-4-,9-6-. The van der Waals surface area contributed by atoms with Gasteiger partial charge in [-0.25, -0.2) is 0 Å². The van der Waals surface area contributed by atoms with Crippen molar-refractivity contribution in [1.82, 2.24) is 0 Å². The SMILES string of the molecule is C=C/C=C(C)\C=C/CCN. The summed E-state index contributed by atoms with van der Waals surface area (Å²) in [6.45, 7) is 6.35. The van der Waals surface area contributed by atoms with Crippen molar-refractivity contribution in [2.45, 2.75) is 13.3 Å². The van der Waals surface area contributed by atoms with Gasteiger partial charge in [0.05, 0.1) is 0 Å². The highest BCUT2D eigenvalue weighted by molar-refractivity contribution is 5.20. The average Bonchev–Trinajstić information content (AvgIpc) is 1.89. The quantitative estimate of drug-likeness (QED) is 0.589. The van der Waals surface area contributed by atoms with Gasteiger partial charge in [0.25, 0.3) is 0 Å². The van der Waals surface area contributed by atoms with Crippen LogP contribution < -0.4 is 5.73 Å². The third-order valence-electron chi connectivity index (χ3n) is 1.09. The molecule has 0 rings (SSSR count). The minimum absolute atomic E-state index is 0.720. The highest BCUT2D eigenvalue weighted by atomic mass is 14.5. The van der Waals surface area contributed by atoms with Gasteiger partial charge in [0.15, 0.2) is 0 Å². The molecule has 0 aromatic heterocycles. The van der Waals surface area contributed by atoms with Crippen molar-refractivity contribution >= 4 is 0 Å². The van der Waals surface area contributed by atoms with E-state index in [4.69, 9.17) is 5.73 Å². The van der Waals surface area contributed by atoms with Gasteiger partial charge in [-0.05, 0) is 19.9 Å². The highest BCUT2D eigenvalue weighted by Gasteiger charge is 1.76. The van der Waals surface area contributed by atoms with Crippen molar-refractivity contribution in [2.75, 3.05) is 6.54 Å². The second-order valence-electron chi connectivity index (χ2n) is 2.13. The zero-order valence-corrected chi connectivity index (χ0v) is 6.51. The van der Waals surface area contributed by atoms with Gasteiger partial charge < -0.3 is 5.73 Å². The molecule has 0 aromatic rings. The summed E-state index contributed by atoms with van der Waals surface area (Å²) in [5.74, 6) is 0. The molecule has 0 aliphatic carbocycles. The van der Waals surface area contributed by atoms with Crippen LogP contribution >= 0.6 is 0 Å². The fraction of sp³-hybridized carbons (Fsp3) is 0.333. The molecule has 0 saturated heterocycles. The van der Waals surface area contributed by atoms with E-state index < -0.39 is 0 Å². The Bertz CT molecular complexity index is 143. The second kappa shape index (κ2) is 6.30. The summed E-state index contributed by atoms with van der Waals surface area (Å²) in [5.41, 5.74) is 6.51. The van der Waals surface area contributed by atoms with Crippen molar-refractivity contribution in [3.63, 3.8) is 0 Å². The molecule has 0 fully saturated rings. The lowest BCUT2D eigenvalue weighted by Gasteiger charge is -1.87. The van der Waals surface area contributed by atoms with Crippen LogP contribution in [0.1, 0.15) is 13.3 Å². The minimum Gasteiger partial charge on any atom is -0.330 e. The molecule has 0 aliphatic heterocycles. The van der Waals surface area contributed by atoms with Crippen LogP contribution in [0.15, 0.2) is 36.5 Å². The number of rotatable bonds is 4. The van der Waals surface area contributed by atoms with Crippen LogP contribution in [-0.4, -0.2) is 6.54 Å². The Hall–Kier alpha value is -0.820. The van der Waals surface area contributed by atoms with Crippen LogP contribution in [0, 0.1) is 0 Å². The Morgan fingerprint density at radius 1 is 1.60 bits per heavy atom. The Balaban J connectivity index is 3.65. The molecule has 0 saturated carbocycles. The maximum atomic E-state index is 5.30. The summed E-state index contributed by atoms with van der Waals surface area (Å²) in [7, 11) is 0. The summed E-state index contributed by atoms with van der Waals surface area (Å²) >= 11 is 0. The Morgan fingerprint density at radius 3 is 2.80 bits per heavy atom. The van der Waals surface area contributed by atoms with Gasteiger partial charge in [0.2, 0.25) is 0 Å². The lowest BCUT2D eigenvalue weighted by Crippen LogP contribution is -1.94. The first-order chi connectivity index (χ1) is 4.81. The maximum Gasteiger partial charge on any atom is -0.00425 e. The van der Waals surface area contributed by atoms with Crippen molar-refractivity contribution < 1.29 is 0 Å². The molecule has 10 heavy (non-hydrogen) atoms. The lowest BCUT2D eigenvalue weighted by molar-refractivity contribution is 1.01. The van der Waals surface area contributed by atoms with Gasteiger partial charge in [0, 0.05) is 0 Å². The number of hydrogen-bond acceptors (Lipinski definition) is 1. The Labute approximate surface area is 62.9 Å². The number of nitrogens with two attached hydrogens (primary N) is 1. The first kappa shape index (κ1) is 9.18. The average molecular weight is 137 g/mol. The van der Waals surface area contributed by atoms with Gasteiger partial charge in [-0.1, -0.05) is 36.5 Å². The fourth-order valence-corrected chi connectivity index (χ4v) is 0.607. The zero-order chi connectivity index (χ0) is 7.82. The third kappa shape index (κ3) is 5.32. The van der Waals surface area contributed by atoms with Crippen LogP contribution in [0.4, 0.5) is 0 Å². The summed E-state index contributed by atoms with van der Waals surface area (Å²) < 4.78 is 0. The predicted octanol–water partition coefficient (Wildman–Crippen LogP) is 2.02. The summed E-state index contributed by atoms with van der Waals surface area (Å²) in [5, 5.41) is 0. The van der Waals surface area contributed by atoms with E-state index >= 15 is 0 Å². The van der Waals surface area contributed by atoms with E-state index in [-0.39, 0.29) is 0 Å². The molecule has 56 valence electrons. The monoisotopic (exact) mass is 137 g/mol. The van der Waals surface area contributed by atoms with E-state index in [0.717, 1.165) is 13.0 Å². The molecule has 0 aliphatic rings. The van der Waals surface area contributed by atoms with Gasteiger partial charge in [-0.15, -0.1) is 0 Å². The predicted molar refractivity (Wildman–Crippen MR) is 46.8 cm³/mol. The Kier molecular flexibility index (Phi) is 5.79. The van der Waals surface area contributed by atoms with Crippen molar-refractivity contribution in [1.29, 1.82) is 0 Å². The molecule has 0 radical (unpaired) electrons. The first-order valence-corrected chi connectivity index (χ1v) is 3.47. The molecule has 0 aromatic carbocycles. The van der Waals surface area contributed by atoms with Crippen molar-refractivity contribution in [3.05, 3.63) is 36.5 Å². The first-order valence-electron chi connectivity index (χ1n) is 3.47. The molecule has 2 N–H and O–H groups in total.